The van der Waals surface area contributed by atoms with Crippen LogP contribution in [0.2, 0.25) is 0 Å². The number of nitrogens with one attached hydrogen (secondary N) is 1. The highest BCUT2D eigenvalue weighted by molar-refractivity contribution is 9.11. The first kappa shape index (κ1) is 19.4. The minimum Gasteiger partial charge on any atom is -0.497 e. The third-order valence-electron chi connectivity index (χ3n) is 5.38. The Hall–Kier alpha value is -0.920. The summed E-state index contributed by atoms with van der Waals surface area (Å²) in [7, 11) is 1.73. The number of hydrogen-bond donors (Lipinski definition) is 1. The van der Waals surface area contributed by atoms with E-state index in [1.807, 2.05) is 6.07 Å². The lowest BCUT2D eigenvalue weighted by molar-refractivity contribution is -0.0188. The van der Waals surface area contributed by atoms with E-state index < -0.39 is 0 Å². The summed E-state index contributed by atoms with van der Waals surface area (Å²) in [5.41, 5.74) is 3.90. The number of halogens is 2. The van der Waals surface area contributed by atoms with Crippen molar-refractivity contribution in [2.24, 2.45) is 0 Å². The number of ether oxygens (including phenoxy) is 2. The molecule has 4 rings (SSSR count). The standard InChI is InChI=1S/C21H24Br2N2O2/c1-26-18-3-2-15-10-20(27-13-14-8-16(22)11-17(23)9-14)21(19(15)12-18)25-6-4-24-5-7-25/h2-3,8-9,11-12,20-21,24H,4-7,10,13H2,1H3. The third-order valence-corrected chi connectivity index (χ3v) is 6.29. The van der Waals surface area contributed by atoms with Gasteiger partial charge in [-0.25, -0.2) is 0 Å². The minimum absolute atomic E-state index is 0.156. The normalized spacial score (nSPS) is 22.6. The SMILES string of the molecule is COc1ccc2c(c1)C(N1CCNCC1)C(OCc1cc(Br)cc(Br)c1)C2. The molecule has 0 bridgehead atoms. The van der Waals surface area contributed by atoms with Crippen molar-refractivity contribution in [1.29, 1.82) is 0 Å². The Morgan fingerprint density at radius 1 is 1.07 bits per heavy atom. The summed E-state index contributed by atoms with van der Waals surface area (Å²) in [6, 6.07) is 13.0. The van der Waals surface area contributed by atoms with Crippen LogP contribution in [0.15, 0.2) is 45.3 Å². The molecule has 27 heavy (non-hydrogen) atoms. The quantitative estimate of drug-likeness (QED) is 0.670. The zero-order chi connectivity index (χ0) is 18.8. The number of methoxy groups -OCH3 is 1. The smallest absolute Gasteiger partial charge is 0.119 e. The summed E-state index contributed by atoms with van der Waals surface area (Å²) in [5.74, 6) is 0.922. The van der Waals surface area contributed by atoms with Gasteiger partial charge >= 0.3 is 0 Å². The van der Waals surface area contributed by atoms with E-state index in [1.165, 1.54) is 16.7 Å². The van der Waals surface area contributed by atoms with Crippen molar-refractivity contribution in [3.05, 3.63) is 62.0 Å². The highest BCUT2D eigenvalue weighted by Gasteiger charge is 2.38. The molecule has 0 amide bonds. The molecule has 2 aromatic carbocycles. The van der Waals surface area contributed by atoms with Gasteiger partial charge in [-0.2, -0.15) is 0 Å². The van der Waals surface area contributed by atoms with E-state index in [0.717, 1.165) is 47.3 Å². The predicted octanol–water partition coefficient (Wildman–Crippen LogP) is 4.31. The zero-order valence-electron chi connectivity index (χ0n) is 15.4. The van der Waals surface area contributed by atoms with Crippen LogP contribution in [-0.2, 0) is 17.8 Å². The fourth-order valence-corrected chi connectivity index (χ4v) is 5.52. The number of fused-ring (bicyclic) bond motifs is 1. The fourth-order valence-electron chi connectivity index (χ4n) is 4.13. The van der Waals surface area contributed by atoms with Crippen LogP contribution in [0.25, 0.3) is 0 Å². The zero-order valence-corrected chi connectivity index (χ0v) is 18.6. The molecule has 0 radical (unpaired) electrons. The van der Waals surface area contributed by atoms with Gasteiger partial charge in [0.25, 0.3) is 0 Å². The molecular formula is C21H24Br2N2O2. The summed E-state index contributed by atoms with van der Waals surface area (Å²) in [6.45, 7) is 4.76. The van der Waals surface area contributed by atoms with Crippen molar-refractivity contribution >= 4 is 31.9 Å². The maximum Gasteiger partial charge on any atom is 0.119 e. The van der Waals surface area contributed by atoms with E-state index in [2.05, 4.69) is 72.4 Å². The van der Waals surface area contributed by atoms with Gasteiger partial charge in [0.1, 0.15) is 5.75 Å². The van der Waals surface area contributed by atoms with Crippen LogP contribution in [0.5, 0.6) is 5.75 Å². The van der Waals surface area contributed by atoms with Crippen LogP contribution in [0, 0.1) is 0 Å². The second-order valence-electron chi connectivity index (χ2n) is 7.13. The van der Waals surface area contributed by atoms with Crippen molar-refractivity contribution in [2.45, 2.75) is 25.2 Å². The Morgan fingerprint density at radius 3 is 2.52 bits per heavy atom. The largest absolute Gasteiger partial charge is 0.497 e. The summed E-state index contributed by atoms with van der Waals surface area (Å²) < 4.78 is 14.1. The number of hydrogen-bond acceptors (Lipinski definition) is 4. The molecule has 2 unspecified atom stereocenters. The van der Waals surface area contributed by atoms with Crippen molar-refractivity contribution in [2.75, 3.05) is 33.3 Å². The lowest BCUT2D eigenvalue weighted by atomic mass is 10.0. The van der Waals surface area contributed by atoms with Gasteiger partial charge in [0, 0.05) is 41.5 Å². The van der Waals surface area contributed by atoms with Gasteiger partial charge in [-0.3, -0.25) is 4.90 Å². The molecule has 4 nitrogen and oxygen atoms in total. The molecule has 1 N–H and O–H groups in total. The van der Waals surface area contributed by atoms with Crippen LogP contribution in [0.4, 0.5) is 0 Å². The number of benzene rings is 2. The van der Waals surface area contributed by atoms with E-state index in [9.17, 15) is 0 Å². The molecule has 2 aromatic rings. The van der Waals surface area contributed by atoms with E-state index in [-0.39, 0.29) is 12.1 Å². The molecule has 2 atom stereocenters. The van der Waals surface area contributed by atoms with Crippen molar-refractivity contribution in [3.8, 4) is 5.75 Å². The summed E-state index contributed by atoms with van der Waals surface area (Å²) in [4.78, 5) is 2.56. The molecule has 1 aliphatic carbocycles. The van der Waals surface area contributed by atoms with Gasteiger partial charge in [0.05, 0.1) is 25.9 Å². The lowest BCUT2D eigenvalue weighted by Crippen LogP contribution is -2.47. The Balaban J connectivity index is 1.56. The summed E-state index contributed by atoms with van der Waals surface area (Å²) in [5, 5.41) is 3.45. The second-order valence-corrected chi connectivity index (χ2v) is 8.96. The molecule has 0 aromatic heterocycles. The van der Waals surface area contributed by atoms with Gasteiger partial charge in [-0.15, -0.1) is 0 Å². The molecule has 0 saturated carbocycles. The predicted molar refractivity (Wildman–Crippen MR) is 114 cm³/mol. The maximum absolute atomic E-state index is 6.48. The van der Waals surface area contributed by atoms with Crippen molar-refractivity contribution < 1.29 is 9.47 Å². The lowest BCUT2D eigenvalue weighted by Gasteiger charge is -2.36. The third kappa shape index (κ3) is 4.40. The van der Waals surface area contributed by atoms with Gasteiger partial charge < -0.3 is 14.8 Å². The minimum atomic E-state index is 0.156. The highest BCUT2D eigenvalue weighted by atomic mass is 79.9. The summed E-state index contributed by atoms with van der Waals surface area (Å²) in [6.07, 6.45) is 1.10. The topological polar surface area (TPSA) is 33.7 Å². The van der Waals surface area contributed by atoms with E-state index in [1.54, 1.807) is 7.11 Å². The van der Waals surface area contributed by atoms with Crippen LogP contribution in [0.1, 0.15) is 22.7 Å². The van der Waals surface area contributed by atoms with E-state index in [0.29, 0.717) is 6.61 Å². The van der Waals surface area contributed by atoms with Crippen LogP contribution in [-0.4, -0.2) is 44.3 Å². The Bertz CT molecular complexity index is 789. The van der Waals surface area contributed by atoms with E-state index >= 15 is 0 Å². The molecule has 1 aliphatic heterocycles. The first-order chi connectivity index (χ1) is 13.1. The Morgan fingerprint density at radius 2 is 1.81 bits per heavy atom. The monoisotopic (exact) mass is 494 g/mol. The first-order valence-corrected chi connectivity index (χ1v) is 10.9. The van der Waals surface area contributed by atoms with Gasteiger partial charge in [0.15, 0.2) is 0 Å². The average molecular weight is 496 g/mol. The molecule has 2 aliphatic rings. The Labute approximate surface area is 177 Å². The molecule has 1 saturated heterocycles. The Kier molecular flexibility index (Phi) is 6.19. The average Bonchev–Trinajstić information content (AvgIpc) is 3.03. The molecule has 0 spiro atoms. The van der Waals surface area contributed by atoms with Crippen LogP contribution >= 0.6 is 31.9 Å². The molecule has 144 valence electrons. The number of nitrogens with zero attached hydrogens (tertiary/aromatic N) is 1. The van der Waals surface area contributed by atoms with Crippen LogP contribution in [0.3, 0.4) is 0 Å². The van der Waals surface area contributed by atoms with Crippen LogP contribution < -0.4 is 10.1 Å². The summed E-state index contributed by atoms with van der Waals surface area (Å²) >= 11 is 7.13. The molecule has 6 heteroatoms. The van der Waals surface area contributed by atoms with Gasteiger partial charge in [-0.1, -0.05) is 37.9 Å². The van der Waals surface area contributed by atoms with Crippen molar-refractivity contribution in [1.82, 2.24) is 10.2 Å². The highest BCUT2D eigenvalue weighted by Crippen LogP contribution is 2.40. The molecule has 1 fully saturated rings. The molecular weight excluding hydrogens is 472 g/mol. The number of piperazine rings is 1. The second kappa shape index (κ2) is 8.62. The first-order valence-electron chi connectivity index (χ1n) is 9.32. The van der Waals surface area contributed by atoms with Gasteiger partial charge in [-0.05, 0) is 47.0 Å². The fraction of sp³-hybridized carbons (Fsp3) is 0.429. The van der Waals surface area contributed by atoms with E-state index in [4.69, 9.17) is 9.47 Å². The van der Waals surface area contributed by atoms with Gasteiger partial charge in [0.2, 0.25) is 0 Å². The van der Waals surface area contributed by atoms with Crippen molar-refractivity contribution in [3.63, 3.8) is 0 Å². The maximum atomic E-state index is 6.48. The number of rotatable bonds is 5. The molecule has 1 heterocycles.